The van der Waals surface area contributed by atoms with E-state index in [0.717, 1.165) is 30.7 Å². The van der Waals surface area contributed by atoms with Crippen molar-refractivity contribution in [1.82, 2.24) is 19.4 Å². The first kappa shape index (κ1) is 14.3. The predicted molar refractivity (Wildman–Crippen MR) is 83.8 cm³/mol. The molecule has 0 aliphatic carbocycles. The maximum Gasteiger partial charge on any atom is 0.210 e. The van der Waals surface area contributed by atoms with E-state index >= 15 is 0 Å². The van der Waals surface area contributed by atoms with Crippen molar-refractivity contribution in [2.45, 2.75) is 12.8 Å². The molecule has 3 heterocycles. The fourth-order valence-electron chi connectivity index (χ4n) is 2.13. The SMILES string of the molecule is N#Cc1ccc(CCCNc2nc(Cl)cc3nccn23)nc1. The Hall–Kier alpha value is -2.65. The van der Waals surface area contributed by atoms with Crippen LogP contribution in [0.3, 0.4) is 0 Å². The molecular weight excluding hydrogens is 300 g/mol. The third kappa shape index (κ3) is 3.15. The van der Waals surface area contributed by atoms with Crippen LogP contribution in [0.15, 0.2) is 36.8 Å². The van der Waals surface area contributed by atoms with Gasteiger partial charge in [-0.2, -0.15) is 5.26 Å². The van der Waals surface area contributed by atoms with Crippen molar-refractivity contribution in [3.05, 3.63) is 53.2 Å². The van der Waals surface area contributed by atoms with Gasteiger partial charge in [0.05, 0.1) is 5.56 Å². The molecule has 0 fully saturated rings. The molecule has 6 nitrogen and oxygen atoms in total. The average molecular weight is 313 g/mol. The number of rotatable bonds is 5. The maximum absolute atomic E-state index is 8.73. The second-order valence-corrected chi connectivity index (χ2v) is 5.13. The molecule has 0 amide bonds. The van der Waals surface area contributed by atoms with E-state index in [0.29, 0.717) is 16.7 Å². The van der Waals surface area contributed by atoms with Crippen LogP contribution in [0, 0.1) is 11.3 Å². The van der Waals surface area contributed by atoms with Gasteiger partial charge >= 0.3 is 0 Å². The summed E-state index contributed by atoms with van der Waals surface area (Å²) in [6.07, 6.45) is 6.86. The molecule has 7 heteroatoms. The van der Waals surface area contributed by atoms with Crippen molar-refractivity contribution in [2.75, 3.05) is 11.9 Å². The van der Waals surface area contributed by atoms with Crippen LogP contribution in [0.4, 0.5) is 5.95 Å². The Balaban J connectivity index is 1.58. The first-order valence-electron chi connectivity index (χ1n) is 6.85. The molecule has 0 aromatic carbocycles. The zero-order valence-corrected chi connectivity index (χ0v) is 12.5. The summed E-state index contributed by atoms with van der Waals surface area (Å²) in [4.78, 5) is 12.7. The number of nitriles is 1. The van der Waals surface area contributed by atoms with Crippen LogP contribution in [0.1, 0.15) is 17.7 Å². The lowest BCUT2D eigenvalue weighted by molar-refractivity contribution is 0.825. The van der Waals surface area contributed by atoms with Gasteiger partial charge in [0.2, 0.25) is 5.95 Å². The number of hydrogen-bond acceptors (Lipinski definition) is 5. The maximum atomic E-state index is 8.73. The van der Waals surface area contributed by atoms with Gasteiger partial charge in [-0.05, 0) is 25.0 Å². The van der Waals surface area contributed by atoms with E-state index in [1.165, 1.54) is 0 Å². The van der Waals surface area contributed by atoms with Crippen LogP contribution in [0.25, 0.3) is 5.65 Å². The van der Waals surface area contributed by atoms with Crippen LogP contribution in [0.2, 0.25) is 5.15 Å². The Kier molecular flexibility index (Phi) is 4.17. The van der Waals surface area contributed by atoms with Gasteiger partial charge in [-0.25, -0.2) is 9.97 Å². The molecule has 0 aliphatic heterocycles. The Morgan fingerprint density at radius 3 is 3.00 bits per heavy atom. The lowest BCUT2D eigenvalue weighted by Gasteiger charge is -2.08. The molecule has 3 aromatic heterocycles. The normalized spacial score (nSPS) is 10.5. The van der Waals surface area contributed by atoms with Crippen LogP contribution >= 0.6 is 11.6 Å². The fourth-order valence-corrected chi connectivity index (χ4v) is 2.31. The van der Waals surface area contributed by atoms with Gasteiger partial charge in [-0.15, -0.1) is 0 Å². The van der Waals surface area contributed by atoms with Gasteiger partial charge < -0.3 is 5.32 Å². The molecule has 3 rings (SSSR count). The molecule has 3 aromatic rings. The van der Waals surface area contributed by atoms with Crippen molar-refractivity contribution < 1.29 is 0 Å². The van der Waals surface area contributed by atoms with E-state index in [1.54, 1.807) is 24.5 Å². The minimum Gasteiger partial charge on any atom is -0.355 e. The largest absolute Gasteiger partial charge is 0.355 e. The Morgan fingerprint density at radius 2 is 2.23 bits per heavy atom. The third-order valence-electron chi connectivity index (χ3n) is 3.21. The summed E-state index contributed by atoms with van der Waals surface area (Å²) in [5.41, 5.74) is 2.30. The molecule has 0 unspecified atom stereocenters. The number of fused-ring (bicyclic) bond motifs is 1. The monoisotopic (exact) mass is 312 g/mol. The molecular formula is C15H13ClN6. The van der Waals surface area contributed by atoms with Crippen LogP contribution in [0.5, 0.6) is 0 Å². The first-order chi connectivity index (χ1) is 10.8. The summed E-state index contributed by atoms with van der Waals surface area (Å²) in [5.74, 6) is 0.674. The predicted octanol–water partition coefficient (Wildman–Crippen LogP) is 2.69. The Bertz CT molecular complexity index is 818. The van der Waals surface area contributed by atoms with E-state index in [4.69, 9.17) is 16.9 Å². The highest BCUT2D eigenvalue weighted by atomic mass is 35.5. The van der Waals surface area contributed by atoms with Crippen LogP contribution < -0.4 is 5.32 Å². The average Bonchev–Trinajstić information content (AvgIpc) is 3.00. The molecule has 1 N–H and O–H groups in total. The van der Waals surface area contributed by atoms with E-state index in [1.807, 2.05) is 16.7 Å². The van der Waals surface area contributed by atoms with Crippen LogP contribution in [-0.4, -0.2) is 25.9 Å². The highest BCUT2D eigenvalue weighted by molar-refractivity contribution is 6.29. The van der Waals surface area contributed by atoms with Crippen molar-refractivity contribution in [2.24, 2.45) is 0 Å². The molecule has 22 heavy (non-hydrogen) atoms. The quantitative estimate of drug-likeness (QED) is 0.579. The number of nitrogens with zero attached hydrogens (tertiary/aromatic N) is 5. The summed E-state index contributed by atoms with van der Waals surface area (Å²) < 4.78 is 1.85. The van der Waals surface area contributed by atoms with E-state index in [-0.39, 0.29) is 0 Å². The number of aryl methyl sites for hydroxylation is 1. The summed E-state index contributed by atoms with van der Waals surface area (Å²) in [5, 5.41) is 12.4. The van der Waals surface area contributed by atoms with Gasteiger partial charge in [-0.1, -0.05) is 11.6 Å². The fraction of sp³-hybridized carbons (Fsp3) is 0.200. The summed E-state index contributed by atoms with van der Waals surface area (Å²) >= 11 is 5.98. The highest BCUT2D eigenvalue weighted by Gasteiger charge is 2.04. The summed E-state index contributed by atoms with van der Waals surface area (Å²) in [7, 11) is 0. The first-order valence-corrected chi connectivity index (χ1v) is 7.22. The molecule has 0 radical (unpaired) electrons. The number of aromatic nitrogens is 4. The minimum absolute atomic E-state index is 0.412. The smallest absolute Gasteiger partial charge is 0.210 e. The van der Waals surface area contributed by atoms with Gasteiger partial charge in [0.25, 0.3) is 0 Å². The van der Waals surface area contributed by atoms with Crippen LogP contribution in [-0.2, 0) is 6.42 Å². The molecule has 110 valence electrons. The molecule has 0 saturated carbocycles. The molecule has 0 spiro atoms. The Morgan fingerprint density at radius 1 is 1.32 bits per heavy atom. The van der Waals surface area contributed by atoms with Gasteiger partial charge in [0, 0.05) is 36.9 Å². The van der Waals surface area contributed by atoms with E-state index in [9.17, 15) is 0 Å². The second-order valence-electron chi connectivity index (χ2n) is 4.74. The number of hydrogen-bond donors (Lipinski definition) is 1. The van der Waals surface area contributed by atoms with Gasteiger partial charge in [-0.3, -0.25) is 9.38 Å². The van der Waals surface area contributed by atoms with Gasteiger partial charge in [0.15, 0.2) is 0 Å². The summed E-state index contributed by atoms with van der Waals surface area (Å²) in [6, 6.07) is 7.43. The molecule has 0 saturated heterocycles. The number of nitrogens with one attached hydrogen (secondary N) is 1. The lowest BCUT2D eigenvalue weighted by atomic mass is 10.2. The zero-order valence-electron chi connectivity index (χ0n) is 11.7. The molecule has 0 atom stereocenters. The topological polar surface area (TPSA) is 78.9 Å². The van der Waals surface area contributed by atoms with Gasteiger partial charge in [0.1, 0.15) is 16.9 Å². The van der Waals surface area contributed by atoms with Crippen molar-refractivity contribution >= 4 is 23.2 Å². The third-order valence-corrected chi connectivity index (χ3v) is 3.40. The second kappa shape index (κ2) is 6.41. The minimum atomic E-state index is 0.412. The standard InChI is InChI=1S/C15H13ClN6/c16-13-8-14-18-6-7-22(14)15(21-13)19-5-1-2-12-4-3-11(9-17)10-20-12/h3-4,6-8,10H,1-2,5H2,(H,19,21). The number of pyridine rings is 1. The van der Waals surface area contributed by atoms with E-state index < -0.39 is 0 Å². The lowest BCUT2D eigenvalue weighted by Crippen LogP contribution is -2.09. The van der Waals surface area contributed by atoms with Crippen molar-refractivity contribution in [3.63, 3.8) is 0 Å². The molecule has 0 bridgehead atoms. The summed E-state index contributed by atoms with van der Waals surface area (Å²) in [6.45, 7) is 0.738. The zero-order chi connectivity index (χ0) is 15.4. The molecule has 0 aliphatic rings. The number of halogens is 1. The van der Waals surface area contributed by atoms with E-state index in [2.05, 4.69) is 26.3 Å². The Labute approximate surface area is 132 Å². The van der Waals surface area contributed by atoms with Crippen molar-refractivity contribution in [1.29, 1.82) is 5.26 Å². The number of anilines is 1. The number of imidazole rings is 1. The highest BCUT2D eigenvalue weighted by Crippen LogP contribution is 2.14. The van der Waals surface area contributed by atoms with Crippen molar-refractivity contribution in [3.8, 4) is 6.07 Å².